The Labute approximate surface area is 201 Å². The minimum Gasteiger partial charge on any atom is -0.474 e. The van der Waals surface area contributed by atoms with Crippen LogP contribution in [0.25, 0.3) is 11.0 Å². The Bertz CT molecular complexity index is 1120. The number of nitriles is 1. The van der Waals surface area contributed by atoms with Crippen LogP contribution in [0.1, 0.15) is 37.5 Å². The van der Waals surface area contributed by atoms with Crippen LogP contribution in [0.3, 0.4) is 0 Å². The summed E-state index contributed by atoms with van der Waals surface area (Å²) in [5.74, 6) is 0.0176. The number of ether oxygens (including phenoxy) is 3. The fourth-order valence-corrected chi connectivity index (χ4v) is 4.85. The van der Waals surface area contributed by atoms with Gasteiger partial charge in [0, 0.05) is 17.6 Å². The van der Waals surface area contributed by atoms with Gasteiger partial charge in [0.1, 0.15) is 48.5 Å². The van der Waals surface area contributed by atoms with Gasteiger partial charge in [0.2, 0.25) is 5.88 Å². The molecule has 0 bridgehead atoms. The molecular weight excluding hydrogens is 483 g/mol. The Hall–Kier alpha value is -2.27. The lowest BCUT2D eigenvalue weighted by Gasteiger charge is -2.20. The fraction of sp³-hybridized carbons (Fsp3) is 0.619. The zero-order valence-electron chi connectivity index (χ0n) is 18.9. The van der Waals surface area contributed by atoms with E-state index >= 15 is 0 Å². The van der Waals surface area contributed by atoms with Gasteiger partial charge in [-0.05, 0) is 18.9 Å². The number of anilines is 1. The van der Waals surface area contributed by atoms with E-state index < -0.39 is 38.5 Å². The minimum atomic E-state index is -4.40. The van der Waals surface area contributed by atoms with Crippen LogP contribution < -0.4 is 10.1 Å². The zero-order valence-corrected chi connectivity index (χ0v) is 19.8. The first-order valence-electron chi connectivity index (χ1n) is 11.3. The SMILES string of the molecule is N#Cc1c(OCCO)nc2c(ccn2[C@@H]2O[C@H](COCP(=O)(O)O)[C@@H](O)[C@H]2O)c1NC1CCCC1. The van der Waals surface area contributed by atoms with Gasteiger partial charge in [-0.1, -0.05) is 12.8 Å². The normalized spacial score (nSPS) is 25.3. The molecule has 2 fully saturated rings. The van der Waals surface area contributed by atoms with Crippen molar-refractivity contribution in [2.45, 2.75) is 56.3 Å². The maximum atomic E-state index is 11.0. The highest BCUT2D eigenvalue weighted by molar-refractivity contribution is 7.51. The summed E-state index contributed by atoms with van der Waals surface area (Å²) < 4.78 is 28.8. The Morgan fingerprint density at radius 3 is 2.69 bits per heavy atom. The van der Waals surface area contributed by atoms with Crippen LogP contribution in [0, 0.1) is 11.3 Å². The van der Waals surface area contributed by atoms with E-state index in [9.17, 15) is 25.1 Å². The van der Waals surface area contributed by atoms with Crippen molar-refractivity contribution in [3.05, 3.63) is 17.8 Å². The van der Waals surface area contributed by atoms with E-state index in [-0.39, 0.29) is 37.3 Å². The van der Waals surface area contributed by atoms with E-state index in [1.54, 1.807) is 12.3 Å². The third-order valence-corrected chi connectivity index (χ3v) is 6.65. The lowest BCUT2D eigenvalue weighted by Crippen LogP contribution is -2.33. The lowest BCUT2D eigenvalue weighted by atomic mass is 10.1. The van der Waals surface area contributed by atoms with Gasteiger partial charge in [0.25, 0.3) is 0 Å². The molecule has 4 rings (SSSR count). The average Bonchev–Trinajstić information content (AvgIpc) is 3.53. The molecule has 2 aliphatic rings. The number of nitrogens with one attached hydrogen (secondary N) is 1. The fourth-order valence-electron chi connectivity index (χ4n) is 4.51. The number of hydrogen-bond acceptors (Lipinski definition) is 10. The summed E-state index contributed by atoms with van der Waals surface area (Å²) in [7, 11) is -4.40. The molecule has 0 amide bonds. The summed E-state index contributed by atoms with van der Waals surface area (Å²) in [5, 5.41) is 44.2. The number of rotatable bonds is 10. The van der Waals surface area contributed by atoms with Crippen LogP contribution in [0.5, 0.6) is 5.88 Å². The molecular formula is C21H29N4O9P. The molecule has 4 atom stereocenters. The lowest BCUT2D eigenvalue weighted by molar-refractivity contribution is -0.0611. The van der Waals surface area contributed by atoms with Crippen LogP contribution in [0.15, 0.2) is 12.3 Å². The number of nitrogens with zero attached hydrogens (tertiary/aromatic N) is 3. The van der Waals surface area contributed by atoms with E-state index in [4.69, 9.17) is 24.0 Å². The second kappa shape index (κ2) is 10.8. The third kappa shape index (κ3) is 5.61. The summed E-state index contributed by atoms with van der Waals surface area (Å²) in [5.41, 5.74) is 1.06. The van der Waals surface area contributed by atoms with Crippen molar-refractivity contribution in [3.63, 3.8) is 0 Å². The van der Waals surface area contributed by atoms with Gasteiger partial charge in [-0.25, -0.2) is 0 Å². The van der Waals surface area contributed by atoms with Crippen molar-refractivity contribution in [1.29, 1.82) is 5.26 Å². The molecule has 1 saturated heterocycles. The monoisotopic (exact) mass is 512 g/mol. The molecule has 3 heterocycles. The Morgan fingerprint density at radius 2 is 2.03 bits per heavy atom. The van der Waals surface area contributed by atoms with Crippen molar-refractivity contribution < 1.29 is 43.9 Å². The molecule has 192 valence electrons. The van der Waals surface area contributed by atoms with Crippen LogP contribution in [-0.2, 0) is 14.0 Å². The topological polar surface area (TPSA) is 200 Å². The smallest absolute Gasteiger partial charge is 0.350 e. The number of aliphatic hydroxyl groups excluding tert-OH is 3. The molecule has 0 aromatic carbocycles. The molecule has 0 radical (unpaired) electrons. The van der Waals surface area contributed by atoms with Gasteiger partial charge >= 0.3 is 7.60 Å². The highest BCUT2D eigenvalue weighted by atomic mass is 31.2. The zero-order chi connectivity index (χ0) is 25.2. The molecule has 1 aliphatic heterocycles. The van der Waals surface area contributed by atoms with Crippen LogP contribution in [0.4, 0.5) is 5.69 Å². The van der Waals surface area contributed by atoms with Gasteiger partial charge in [-0.3, -0.25) is 4.57 Å². The predicted octanol–water partition coefficient (Wildman–Crippen LogP) is 0.405. The van der Waals surface area contributed by atoms with Crippen LogP contribution in [0.2, 0.25) is 0 Å². The molecule has 14 heteroatoms. The predicted molar refractivity (Wildman–Crippen MR) is 122 cm³/mol. The van der Waals surface area contributed by atoms with Gasteiger partial charge in [0.05, 0.1) is 18.9 Å². The van der Waals surface area contributed by atoms with Gasteiger partial charge in [-0.15, -0.1) is 0 Å². The second-order valence-electron chi connectivity index (χ2n) is 8.65. The van der Waals surface area contributed by atoms with Gasteiger partial charge in [0.15, 0.2) is 6.23 Å². The Morgan fingerprint density at radius 1 is 1.29 bits per heavy atom. The summed E-state index contributed by atoms with van der Waals surface area (Å²) in [6.07, 6.45) is -0.0724. The molecule has 6 N–H and O–H groups in total. The number of aliphatic hydroxyl groups is 3. The number of pyridine rings is 1. The highest BCUT2D eigenvalue weighted by Crippen LogP contribution is 2.39. The van der Waals surface area contributed by atoms with E-state index in [2.05, 4.69) is 16.4 Å². The quantitative estimate of drug-likeness (QED) is 0.240. The number of fused-ring (bicyclic) bond motifs is 1. The number of aromatic nitrogens is 2. The van der Waals surface area contributed by atoms with Crippen LogP contribution in [-0.4, -0.2) is 85.2 Å². The van der Waals surface area contributed by atoms with E-state index in [1.807, 2.05) is 0 Å². The Balaban J connectivity index is 1.67. The maximum absolute atomic E-state index is 11.0. The van der Waals surface area contributed by atoms with Crippen LogP contribution >= 0.6 is 7.60 Å². The highest BCUT2D eigenvalue weighted by Gasteiger charge is 2.44. The standard InChI is InChI=1S/C21H29N4O9P/c22-9-14-16(23-12-3-1-2-4-12)13-5-6-25(19(13)24-20(14)33-8-7-26)21-18(28)17(27)15(34-21)10-32-11-35(29,30)31/h5-6,12,15,17-18,21,26-28H,1-4,7-8,10-11H2,(H,23,24)(H2,29,30,31)/t15-,17-,18-,21-/m1/s1. The van der Waals surface area contributed by atoms with Gasteiger partial charge in [-0.2, -0.15) is 10.2 Å². The first-order valence-corrected chi connectivity index (χ1v) is 13.1. The summed E-state index contributed by atoms with van der Waals surface area (Å²) in [6, 6.07) is 4.03. The van der Waals surface area contributed by atoms with E-state index in [1.165, 1.54) is 4.57 Å². The molecule has 2 aromatic heterocycles. The van der Waals surface area contributed by atoms with Gasteiger partial charge < -0.3 is 49.2 Å². The first-order chi connectivity index (χ1) is 16.7. The van der Waals surface area contributed by atoms with Crippen molar-refractivity contribution in [1.82, 2.24) is 9.55 Å². The second-order valence-corrected chi connectivity index (χ2v) is 10.2. The minimum absolute atomic E-state index is 0.0176. The molecule has 35 heavy (non-hydrogen) atoms. The Kier molecular flexibility index (Phi) is 7.95. The van der Waals surface area contributed by atoms with Crippen molar-refractivity contribution in [2.24, 2.45) is 0 Å². The third-order valence-electron chi connectivity index (χ3n) is 6.13. The average molecular weight is 512 g/mol. The van der Waals surface area contributed by atoms with Crippen molar-refractivity contribution in [2.75, 3.05) is 31.5 Å². The molecule has 2 aromatic rings. The molecule has 0 unspecified atom stereocenters. The summed E-state index contributed by atoms with van der Waals surface area (Å²) in [4.78, 5) is 22.4. The first kappa shape index (κ1) is 25.8. The molecule has 13 nitrogen and oxygen atoms in total. The molecule has 1 saturated carbocycles. The van der Waals surface area contributed by atoms with E-state index in [0.717, 1.165) is 25.7 Å². The molecule has 1 aliphatic carbocycles. The van der Waals surface area contributed by atoms with Crippen molar-refractivity contribution >= 4 is 24.3 Å². The molecule has 0 spiro atoms. The number of hydrogen-bond donors (Lipinski definition) is 6. The van der Waals surface area contributed by atoms with E-state index in [0.29, 0.717) is 16.7 Å². The summed E-state index contributed by atoms with van der Waals surface area (Å²) >= 11 is 0. The maximum Gasteiger partial charge on any atom is 0.350 e. The summed E-state index contributed by atoms with van der Waals surface area (Å²) in [6.45, 7) is -0.689. The van der Waals surface area contributed by atoms with Crippen molar-refractivity contribution in [3.8, 4) is 11.9 Å². The largest absolute Gasteiger partial charge is 0.474 e.